The fraction of sp³-hybridized carbons (Fsp3) is 0.426. The second-order valence-corrected chi connectivity index (χ2v) is 19.1. The van der Waals surface area contributed by atoms with E-state index in [2.05, 4.69) is 36.0 Å². The molecule has 67 heavy (non-hydrogen) atoms. The van der Waals surface area contributed by atoms with Crippen LogP contribution in [0.3, 0.4) is 0 Å². The highest BCUT2D eigenvalue weighted by Gasteiger charge is 2.39. The second-order valence-electron chi connectivity index (χ2n) is 17.4. The molecule has 5 amide bonds. The van der Waals surface area contributed by atoms with Crippen LogP contribution in [0.4, 0.5) is 4.79 Å². The van der Waals surface area contributed by atoms with Crippen LogP contribution in [0.2, 0.25) is 0 Å². The van der Waals surface area contributed by atoms with Gasteiger partial charge in [-0.3, -0.25) is 24.2 Å². The Morgan fingerprint density at radius 3 is 2.25 bits per heavy atom. The molecule has 3 aromatic carbocycles. The Kier molecular flexibility index (Phi) is 17.5. The van der Waals surface area contributed by atoms with Gasteiger partial charge in [0.1, 0.15) is 42.4 Å². The van der Waals surface area contributed by atoms with Crippen LogP contribution in [-0.4, -0.2) is 109 Å². The van der Waals surface area contributed by atoms with E-state index in [0.717, 1.165) is 27.6 Å². The molecule has 1 saturated heterocycles. The van der Waals surface area contributed by atoms with Gasteiger partial charge >= 0.3 is 12.1 Å². The number of nitrogens with one attached hydrogen (secondary N) is 6. The summed E-state index contributed by atoms with van der Waals surface area (Å²) in [6, 6.07) is 16.9. The molecule has 20 heteroatoms. The first-order valence-electron chi connectivity index (χ1n) is 22.1. The number of H-pyrrole nitrogens is 1. The van der Waals surface area contributed by atoms with Gasteiger partial charge in [-0.25, -0.2) is 22.7 Å². The molecule has 0 bridgehead atoms. The van der Waals surface area contributed by atoms with Crippen molar-refractivity contribution < 1.29 is 46.7 Å². The number of fused-ring (bicyclic) bond motifs is 1. The van der Waals surface area contributed by atoms with E-state index in [1.165, 1.54) is 30.9 Å². The summed E-state index contributed by atoms with van der Waals surface area (Å²) in [5, 5.41) is 11.5. The van der Waals surface area contributed by atoms with E-state index in [1.54, 1.807) is 63.4 Å². The zero-order valence-corrected chi connectivity index (χ0v) is 39.4. The zero-order chi connectivity index (χ0) is 48.9. The highest BCUT2D eigenvalue weighted by Crippen LogP contribution is 2.24. The van der Waals surface area contributed by atoms with Gasteiger partial charge in [0.25, 0.3) is 10.0 Å². The summed E-state index contributed by atoms with van der Waals surface area (Å²) in [5.41, 5.74) is 8.28. The van der Waals surface area contributed by atoms with Crippen LogP contribution >= 0.6 is 0 Å². The number of para-hydroxylation sites is 1. The molecular formula is C47H61N9O10S. The minimum atomic E-state index is -4.02. The Hall–Kier alpha value is -6.96. The molecule has 0 radical (unpaired) electrons. The largest absolute Gasteiger partial charge is 0.459 e. The quantitative estimate of drug-likeness (QED) is 0.0310. The lowest BCUT2D eigenvalue weighted by Gasteiger charge is -2.30. The van der Waals surface area contributed by atoms with Crippen molar-refractivity contribution in [1.82, 2.24) is 35.9 Å². The number of hydrogen-bond donors (Lipinski definition) is 7. The van der Waals surface area contributed by atoms with E-state index in [1.807, 2.05) is 37.3 Å². The van der Waals surface area contributed by atoms with Gasteiger partial charge in [0.2, 0.25) is 29.6 Å². The molecule has 5 atom stereocenters. The average Bonchev–Trinajstić information content (AvgIpc) is 3.94. The molecule has 8 N–H and O–H groups in total. The van der Waals surface area contributed by atoms with Crippen LogP contribution in [0.25, 0.3) is 10.9 Å². The molecule has 0 unspecified atom stereocenters. The maximum absolute atomic E-state index is 14.3. The Bertz CT molecular complexity index is 2520. The number of carbonyl (C=O) groups is 6. The van der Waals surface area contributed by atoms with Crippen molar-refractivity contribution in [2.24, 2.45) is 10.7 Å². The van der Waals surface area contributed by atoms with Crippen LogP contribution in [0, 0.1) is 6.92 Å². The lowest BCUT2D eigenvalue weighted by atomic mass is 10.0. The van der Waals surface area contributed by atoms with Gasteiger partial charge in [-0.05, 0) is 96.6 Å². The third-order valence-electron chi connectivity index (χ3n) is 10.8. The monoisotopic (exact) mass is 943 g/mol. The summed E-state index contributed by atoms with van der Waals surface area (Å²) in [5.74, 6) is -3.72. The number of hydrogen-bond acceptors (Lipinski definition) is 11. The third kappa shape index (κ3) is 15.0. The van der Waals surface area contributed by atoms with E-state index in [-0.39, 0.29) is 56.2 Å². The molecule has 1 fully saturated rings. The fourth-order valence-corrected chi connectivity index (χ4v) is 8.23. The van der Waals surface area contributed by atoms with Crippen LogP contribution in [-0.2, 0) is 56.5 Å². The Balaban J connectivity index is 1.24. The number of sulfonamides is 1. The van der Waals surface area contributed by atoms with E-state index in [9.17, 15) is 37.2 Å². The fourth-order valence-electron chi connectivity index (χ4n) is 7.28. The number of likely N-dealkylation sites (tertiary alicyclic amines) is 1. The number of nitrogens with two attached hydrogens (primary N) is 1. The molecule has 4 aromatic rings. The highest BCUT2D eigenvalue weighted by molar-refractivity contribution is 7.90. The van der Waals surface area contributed by atoms with Gasteiger partial charge in [0.15, 0.2) is 0 Å². The molecule has 5 rings (SSSR count). The van der Waals surface area contributed by atoms with Crippen molar-refractivity contribution in [1.29, 1.82) is 0 Å². The molecular weight excluding hydrogens is 883 g/mol. The summed E-state index contributed by atoms with van der Waals surface area (Å²) in [6.07, 6.45) is 1.90. The van der Waals surface area contributed by atoms with Gasteiger partial charge < -0.3 is 46.4 Å². The van der Waals surface area contributed by atoms with Crippen LogP contribution < -0.4 is 31.7 Å². The van der Waals surface area contributed by atoms with E-state index >= 15 is 0 Å². The molecule has 0 spiro atoms. The van der Waals surface area contributed by atoms with Crippen molar-refractivity contribution in [2.45, 2.75) is 121 Å². The lowest BCUT2D eigenvalue weighted by molar-refractivity contribution is -0.148. The highest BCUT2D eigenvalue weighted by atomic mass is 32.2. The molecule has 19 nitrogen and oxygen atoms in total. The number of esters is 1. The molecule has 1 aliphatic heterocycles. The number of aliphatic imine (C=N–C) groups is 1. The first kappa shape index (κ1) is 51.0. The van der Waals surface area contributed by atoms with Crippen LogP contribution in [0.15, 0.2) is 94.9 Å². The summed E-state index contributed by atoms with van der Waals surface area (Å²) in [7, 11) is -4.02. The van der Waals surface area contributed by atoms with E-state index in [0.29, 0.717) is 6.42 Å². The number of guanidine groups is 1. The number of aromatic nitrogens is 1. The number of aryl methyl sites for hydroxylation is 1. The Morgan fingerprint density at radius 2 is 1.55 bits per heavy atom. The van der Waals surface area contributed by atoms with Gasteiger partial charge in [-0.1, -0.05) is 66.2 Å². The number of alkyl carbamates (subject to hydrolysis) is 1. The molecule has 0 aliphatic carbocycles. The number of ether oxygens (including phenoxy) is 2. The lowest BCUT2D eigenvalue weighted by Crippen LogP contribution is -2.58. The number of aromatic amines is 1. The average molecular weight is 944 g/mol. The van der Waals surface area contributed by atoms with Crippen LogP contribution in [0.1, 0.15) is 77.0 Å². The molecule has 360 valence electrons. The minimum Gasteiger partial charge on any atom is -0.459 e. The Morgan fingerprint density at radius 1 is 0.866 bits per heavy atom. The van der Waals surface area contributed by atoms with Gasteiger partial charge in [0.05, 0.1) is 4.90 Å². The van der Waals surface area contributed by atoms with Crippen molar-refractivity contribution >= 4 is 62.6 Å². The van der Waals surface area contributed by atoms with Gasteiger partial charge in [0, 0.05) is 36.6 Å². The zero-order valence-electron chi connectivity index (χ0n) is 38.6. The van der Waals surface area contributed by atoms with E-state index < -0.39 is 81.5 Å². The van der Waals surface area contributed by atoms with Crippen molar-refractivity contribution in [3.63, 3.8) is 0 Å². The predicted octanol–water partition coefficient (Wildman–Crippen LogP) is 3.21. The normalized spacial score (nSPS) is 15.9. The van der Waals surface area contributed by atoms with Gasteiger partial charge in [-0.2, -0.15) is 0 Å². The first-order chi connectivity index (χ1) is 31.7. The number of carbonyl (C=O) groups excluding carboxylic acids is 6. The summed E-state index contributed by atoms with van der Waals surface area (Å²) in [6.45, 7) is 9.91. The number of amides is 5. The van der Waals surface area contributed by atoms with Crippen molar-refractivity contribution in [3.05, 3.63) is 102 Å². The number of nitrogens with zero attached hydrogens (tertiary/aromatic N) is 2. The smallest absolute Gasteiger partial charge is 0.408 e. The second kappa shape index (κ2) is 23.0. The predicted molar refractivity (Wildman–Crippen MR) is 250 cm³/mol. The number of rotatable bonds is 19. The first-order valence-corrected chi connectivity index (χ1v) is 23.5. The maximum Gasteiger partial charge on any atom is 0.408 e. The van der Waals surface area contributed by atoms with Gasteiger partial charge in [-0.15, -0.1) is 0 Å². The molecule has 1 aromatic heterocycles. The molecule has 0 saturated carbocycles. The topological polar surface area (TPSA) is 273 Å². The standard InChI is InChI=1S/C47H61N9O10S/c1-29-20-22-34(23-21-29)67(63,64)55-45(48)49-24-12-18-37(41(58)52-31(3)44(61)65-28-32-14-8-7-9-15-32)53-40(57)30(2)51-42(59)39-19-13-25-56(39)43(60)38(54-46(62)66-47(4,5)6)26-33-27-50-36-17-11-10-16-35(33)36/h7-11,14-17,20-23,27,30-31,37-39,50H,12-13,18-19,24-26,28H2,1-6H3,(H,51,59)(H,52,58)(H,53,57)(H,54,62)(H3,48,49,55)/t30-,31-,37+,38-,39+/m1/s1. The summed E-state index contributed by atoms with van der Waals surface area (Å²) in [4.78, 5) is 90.1. The van der Waals surface area contributed by atoms with E-state index in [4.69, 9.17) is 15.2 Å². The SMILES string of the molecule is Cc1ccc(S(=O)(=O)NC(N)=NCCC[C@H](NC(=O)[C@@H](C)NC(=O)[C@@H]2CCCN2C(=O)[C@@H](Cc2c[nH]c3ccccc23)NC(=O)OC(C)(C)C)C(=O)N[C@H](C)C(=O)OCc2ccccc2)cc1. The Labute approximate surface area is 390 Å². The minimum absolute atomic E-state index is 0.0126. The molecule has 1 aliphatic rings. The summed E-state index contributed by atoms with van der Waals surface area (Å²) >= 11 is 0. The number of benzene rings is 3. The summed E-state index contributed by atoms with van der Waals surface area (Å²) < 4.78 is 38.7. The molecule has 2 heterocycles. The van der Waals surface area contributed by atoms with Crippen molar-refractivity contribution in [3.8, 4) is 0 Å². The van der Waals surface area contributed by atoms with Crippen molar-refractivity contribution in [2.75, 3.05) is 13.1 Å². The third-order valence-corrected chi connectivity index (χ3v) is 12.1. The maximum atomic E-state index is 14.3. The van der Waals surface area contributed by atoms with Crippen LogP contribution in [0.5, 0.6) is 0 Å².